The van der Waals surface area contributed by atoms with Gasteiger partial charge in [0.05, 0.1) is 32.0 Å². The summed E-state index contributed by atoms with van der Waals surface area (Å²) < 4.78 is 0. The molecule has 6 aromatic heterocycles. The number of hydrogen-bond donors (Lipinski definition) is 0. The van der Waals surface area contributed by atoms with E-state index in [1.54, 1.807) is 0 Å². The third-order valence-corrected chi connectivity index (χ3v) is 27.4. The van der Waals surface area contributed by atoms with E-state index in [4.69, 9.17) is 9.97 Å². The Balaban J connectivity index is 0.946. The normalized spacial score (nSPS) is 13.3. The summed E-state index contributed by atoms with van der Waals surface area (Å²) in [4.78, 5) is 24.2. The third-order valence-electron chi connectivity index (χ3n) is 21.3. The zero-order chi connectivity index (χ0) is 67.5. The Bertz CT molecular complexity index is 4790. The summed E-state index contributed by atoms with van der Waals surface area (Å²) in [6.45, 7) is 13.8. The molecule has 0 amide bonds. The van der Waals surface area contributed by atoms with Crippen molar-refractivity contribution in [2.24, 2.45) is 0 Å². The van der Waals surface area contributed by atoms with E-state index in [0.717, 1.165) is 59.2 Å². The number of unbranched alkanes of at least 4 members (excludes halogenated alkanes) is 12. The highest BCUT2D eigenvalue weighted by atomic mass is 32.1. The lowest BCUT2D eigenvalue weighted by Gasteiger charge is -2.35. The number of rotatable bonds is 29. The summed E-state index contributed by atoms with van der Waals surface area (Å²) in [5, 5.41) is 0. The van der Waals surface area contributed by atoms with Crippen LogP contribution in [-0.4, -0.2) is 9.97 Å². The standard InChI is InChI=1S/C92H92N2S5/c1-7-11-15-21-29-63-38-46-69(47-39-63)91(70-48-40-64(41-49-70)30-22-16-12-8-2)75-59-74-76(58-73(75)87-77(91)57-62(6)96-87)92(71-50-42-65(43-51-71)31-23-17-13-9-3,72-52-44-66(45-53-72)32-24-18-14-10-4)78-60-82(98-88(74)78)79-55-56-81(97-79)90-86-85(89(99-90)80-54-37-61(5)95-80)93-83(67-33-25-19-26-34-67)84(94-86)68-35-27-20-28-36-68/h19-20,25-28,33-60H,7-18,21-24,29-32H2,1-6H3. The molecule has 0 N–H and O–H groups in total. The number of aryl methyl sites for hydroxylation is 6. The van der Waals surface area contributed by atoms with Crippen LogP contribution >= 0.6 is 56.7 Å². The summed E-state index contributed by atoms with van der Waals surface area (Å²) in [7, 11) is 0. The fourth-order valence-electron chi connectivity index (χ4n) is 16.2. The van der Waals surface area contributed by atoms with Crippen LogP contribution < -0.4 is 0 Å². The summed E-state index contributed by atoms with van der Waals surface area (Å²) in [5.41, 5.74) is 24.2. The predicted molar refractivity (Wildman–Crippen MR) is 432 cm³/mol. The van der Waals surface area contributed by atoms with Gasteiger partial charge >= 0.3 is 0 Å². The van der Waals surface area contributed by atoms with E-state index in [1.807, 2.05) is 56.7 Å². The average Bonchev–Trinajstić information content (AvgIpc) is 1.51. The molecule has 2 nitrogen and oxygen atoms in total. The zero-order valence-electron chi connectivity index (χ0n) is 58.7. The van der Waals surface area contributed by atoms with Crippen molar-refractivity contribution in [1.29, 1.82) is 0 Å². The summed E-state index contributed by atoms with van der Waals surface area (Å²) in [6, 6.07) is 81.3. The van der Waals surface area contributed by atoms with Gasteiger partial charge in [-0.15, -0.1) is 56.7 Å². The van der Waals surface area contributed by atoms with Crippen LogP contribution in [0, 0.1) is 13.8 Å². The van der Waals surface area contributed by atoms with Gasteiger partial charge in [0.2, 0.25) is 0 Å². The van der Waals surface area contributed by atoms with Gasteiger partial charge in [0.25, 0.3) is 0 Å². The van der Waals surface area contributed by atoms with Crippen molar-refractivity contribution in [3.63, 3.8) is 0 Å². The molecule has 13 aromatic rings. The quantitative estimate of drug-likeness (QED) is 0.0437. The molecule has 6 heterocycles. The topological polar surface area (TPSA) is 25.8 Å². The van der Waals surface area contributed by atoms with E-state index in [0.29, 0.717) is 0 Å². The van der Waals surface area contributed by atoms with E-state index < -0.39 is 10.8 Å². The first kappa shape index (κ1) is 67.2. The lowest BCUT2D eigenvalue weighted by atomic mass is 9.65. The molecule has 0 saturated carbocycles. The van der Waals surface area contributed by atoms with E-state index in [-0.39, 0.29) is 0 Å². The van der Waals surface area contributed by atoms with Gasteiger partial charge in [-0.25, -0.2) is 9.97 Å². The maximum absolute atomic E-state index is 5.75. The van der Waals surface area contributed by atoms with E-state index in [1.165, 1.54) is 229 Å². The first-order valence-electron chi connectivity index (χ1n) is 37.2. The SMILES string of the molecule is CCCCCCc1ccc(C2(c3ccc(CCCCCC)cc3)c3cc4c(cc3-c3sc(C)cc32)C(c2ccc(CCCCCC)cc2)(c2ccc(CCCCCC)cc2)c2cc(-c3ccc(-c5sc(-c6ccc(C)s6)c6nc(-c7ccccc7)c(-c7ccccc7)nc56)s3)sc2-4)cc1. The molecule has 99 heavy (non-hydrogen) atoms. The van der Waals surface area contributed by atoms with Gasteiger partial charge in [-0.05, 0) is 192 Å². The Hall–Kier alpha value is -7.62. The second-order valence-corrected chi connectivity index (χ2v) is 33.8. The first-order chi connectivity index (χ1) is 48.7. The van der Waals surface area contributed by atoms with Crippen molar-refractivity contribution in [3.05, 3.63) is 283 Å². The minimum atomic E-state index is -0.607. The number of benzene rings is 7. The number of aromatic nitrogens is 2. The van der Waals surface area contributed by atoms with Gasteiger partial charge in [0.15, 0.2) is 0 Å². The largest absolute Gasteiger partial charge is 0.242 e. The van der Waals surface area contributed by atoms with Gasteiger partial charge in [-0.1, -0.05) is 262 Å². The molecular formula is C92H92N2S5. The summed E-state index contributed by atoms with van der Waals surface area (Å²) in [6.07, 6.45) is 24.5. The number of fused-ring (bicyclic) bond motifs is 7. The van der Waals surface area contributed by atoms with Gasteiger partial charge in [0, 0.05) is 50.1 Å². The number of hydrogen-bond acceptors (Lipinski definition) is 7. The zero-order valence-corrected chi connectivity index (χ0v) is 62.8. The molecule has 0 radical (unpaired) electrons. The molecule has 7 heteroatoms. The molecule has 2 aliphatic carbocycles. The molecule has 0 bridgehead atoms. The van der Waals surface area contributed by atoms with Crippen molar-refractivity contribution < 1.29 is 0 Å². The van der Waals surface area contributed by atoms with E-state index in [9.17, 15) is 0 Å². The maximum Gasteiger partial charge on any atom is 0.110 e. The lowest BCUT2D eigenvalue weighted by Crippen LogP contribution is -2.30. The van der Waals surface area contributed by atoms with Crippen molar-refractivity contribution >= 4 is 67.7 Å². The Kier molecular flexibility index (Phi) is 20.3. The van der Waals surface area contributed by atoms with Crippen molar-refractivity contribution in [2.75, 3.05) is 0 Å². The van der Waals surface area contributed by atoms with Crippen LogP contribution in [0.4, 0.5) is 0 Å². The van der Waals surface area contributed by atoms with Crippen LogP contribution in [0.5, 0.6) is 0 Å². The fraction of sp³-hybridized carbons (Fsp3) is 0.304. The molecule has 0 unspecified atom stereocenters. The molecule has 0 atom stereocenters. The second-order valence-electron chi connectivity index (χ2n) is 28.1. The average molecular weight is 1390 g/mol. The minimum absolute atomic E-state index is 0.534. The third kappa shape index (κ3) is 12.9. The van der Waals surface area contributed by atoms with Gasteiger partial charge in [-0.2, -0.15) is 0 Å². The Morgan fingerprint density at radius 2 is 0.657 bits per heavy atom. The Morgan fingerprint density at radius 3 is 1.05 bits per heavy atom. The lowest BCUT2D eigenvalue weighted by molar-refractivity contribution is 0.666. The minimum Gasteiger partial charge on any atom is -0.242 e. The Morgan fingerprint density at radius 1 is 0.283 bits per heavy atom. The first-order valence-corrected chi connectivity index (χ1v) is 41.2. The number of thiophene rings is 5. The molecule has 0 spiro atoms. The van der Waals surface area contributed by atoms with Crippen LogP contribution in [0.15, 0.2) is 206 Å². The second kappa shape index (κ2) is 29.9. The van der Waals surface area contributed by atoms with Gasteiger partial charge < -0.3 is 0 Å². The van der Waals surface area contributed by atoms with Crippen LogP contribution in [0.1, 0.15) is 207 Å². The van der Waals surface area contributed by atoms with Crippen molar-refractivity contribution in [3.8, 4) is 72.7 Å². The molecule has 15 rings (SSSR count). The Labute approximate surface area is 609 Å². The molecule has 500 valence electrons. The monoisotopic (exact) mass is 1380 g/mol. The molecule has 7 aromatic carbocycles. The molecule has 0 saturated heterocycles. The van der Waals surface area contributed by atoms with E-state index in [2.05, 4.69) is 248 Å². The smallest absolute Gasteiger partial charge is 0.110 e. The van der Waals surface area contributed by atoms with E-state index >= 15 is 0 Å². The maximum atomic E-state index is 5.75. The summed E-state index contributed by atoms with van der Waals surface area (Å²) in [5.74, 6) is 0. The predicted octanol–water partition coefficient (Wildman–Crippen LogP) is 28.1. The van der Waals surface area contributed by atoms with Gasteiger partial charge in [0.1, 0.15) is 11.0 Å². The molecule has 0 aliphatic heterocycles. The fourth-order valence-corrected chi connectivity index (χ4v) is 21.9. The van der Waals surface area contributed by atoms with Crippen LogP contribution in [0.25, 0.3) is 83.7 Å². The summed E-state index contributed by atoms with van der Waals surface area (Å²) >= 11 is 9.60. The van der Waals surface area contributed by atoms with Crippen LogP contribution in [0.3, 0.4) is 0 Å². The highest BCUT2D eigenvalue weighted by molar-refractivity contribution is 7.30. The highest BCUT2D eigenvalue weighted by Crippen LogP contribution is 2.66. The van der Waals surface area contributed by atoms with Crippen LogP contribution in [-0.2, 0) is 36.5 Å². The number of nitrogens with zero attached hydrogens (tertiary/aromatic N) is 2. The van der Waals surface area contributed by atoms with Crippen LogP contribution in [0.2, 0.25) is 0 Å². The van der Waals surface area contributed by atoms with Crippen molar-refractivity contribution in [2.45, 2.75) is 181 Å². The van der Waals surface area contributed by atoms with Gasteiger partial charge in [-0.3, -0.25) is 0 Å². The molecular weight excluding hydrogens is 1290 g/mol. The highest BCUT2D eigenvalue weighted by Gasteiger charge is 2.53. The molecule has 0 fully saturated rings. The molecule has 2 aliphatic rings. The van der Waals surface area contributed by atoms with Crippen molar-refractivity contribution in [1.82, 2.24) is 9.97 Å².